The molecule has 4 heterocycles. The Morgan fingerprint density at radius 2 is 2.18 bits per heavy atom. The number of nitrogens with zero attached hydrogens (tertiary/aromatic N) is 1. The van der Waals surface area contributed by atoms with E-state index in [1.165, 1.54) is 22.2 Å². The summed E-state index contributed by atoms with van der Waals surface area (Å²) in [7, 11) is 0. The van der Waals surface area contributed by atoms with E-state index in [0.29, 0.717) is 18.5 Å². The van der Waals surface area contributed by atoms with Gasteiger partial charge in [0.25, 0.3) is 5.91 Å². The molecular weight excluding hydrogens is 374 g/mol. The summed E-state index contributed by atoms with van der Waals surface area (Å²) < 4.78 is 5.87. The lowest BCUT2D eigenvalue weighted by Gasteiger charge is -2.49. The molecule has 5 rings (SSSR count). The summed E-state index contributed by atoms with van der Waals surface area (Å²) >= 11 is 0. The normalized spacial score (nSPS) is 28.9. The van der Waals surface area contributed by atoms with Gasteiger partial charge in [-0.2, -0.15) is 0 Å². The topological polar surface area (TPSA) is 57.4 Å². The number of likely N-dealkylation sites (N-methyl/N-ethyl adjacent to an activating group) is 1. The third-order valence-corrected chi connectivity index (χ3v) is 6.72. The van der Waals surface area contributed by atoms with Gasteiger partial charge in [0.15, 0.2) is 0 Å². The van der Waals surface area contributed by atoms with E-state index in [2.05, 4.69) is 46.4 Å². The molecular formula is C22H28ClN3O2. The highest BCUT2D eigenvalue weighted by atomic mass is 35.5. The number of aromatic nitrogens is 1. The molecule has 150 valence electrons. The molecule has 3 aliphatic rings. The molecule has 0 radical (unpaired) electrons. The molecule has 0 aliphatic carbocycles. The van der Waals surface area contributed by atoms with Gasteiger partial charge in [-0.05, 0) is 38.3 Å². The average molecular weight is 402 g/mol. The smallest absolute Gasteiger partial charge is 0.250 e. The van der Waals surface area contributed by atoms with Gasteiger partial charge < -0.3 is 15.0 Å². The number of rotatable bonds is 2. The molecule has 2 aromatic rings. The number of para-hydroxylation sites is 1. The number of carbonyl (C=O) groups is 1. The van der Waals surface area contributed by atoms with Crippen LogP contribution in [0.25, 0.3) is 10.9 Å². The molecule has 3 aliphatic heterocycles. The Labute approximate surface area is 171 Å². The zero-order chi connectivity index (χ0) is 18.5. The van der Waals surface area contributed by atoms with Gasteiger partial charge in [0, 0.05) is 48.1 Å². The first-order valence-corrected chi connectivity index (χ1v) is 10.1. The van der Waals surface area contributed by atoms with Crippen LogP contribution < -0.4 is 5.32 Å². The standard InChI is InChI=1S/C22H27N3O2.ClH/c1-3-23-22(26)18-12-27-13(2)17-11-25-9-8-15-14-6-4-5-7-19(14)24-21(15)20(25)10-16(17)18;/h4-7,12-13,16-17,20,24H,3,8-11H2,1-2H3,(H,23,26);1H/t13-,16-,17+,20-;/m0./s1. The van der Waals surface area contributed by atoms with E-state index >= 15 is 0 Å². The highest BCUT2D eigenvalue weighted by Gasteiger charge is 2.46. The molecule has 0 bridgehead atoms. The number of ether oxygens (including phenoxy) is 1. The van der Waals surface area contributed by atoms with Crippen LogP contribution in [0.2, 0.25) is 0 Å². The molecule has 0 unspecified atom stereocenters. The Morgan fingerprint density at radius 1 is 1.36 bits per heavy atom. The van der Waals surface area contributed by atoms with Crippen LogP contribution in [-0.2, 0) is 16.0 Å². The fraction of sp³-hybridized carbons (Fsp3) is 0.500. The van der Waals surface area contributed by atoms with Crippen molar-refractivity contribution in [2.45, 2.75) is 38.8 Å². The Morgan fingerprint density at radius 3 is 3.00 bits per heavy atom. The molecule has 1 aromatic carbocycles. The van der Waals surface area contributed by atoms with E-state index in [1.807, 2.05) is 6.92 Å². The molecule has 1 fully saturated rings. The first kappa shape index (κ1) is 19.3. The molecule has 1 aromatic heterocycles. The summed E-state index contributed by atoms with van der Waals surface area (Å²) in [5.41, 5.74) is 4.87. The van der Waals surface area contributed by atoms with Crippen LogP contribution in [-0.4, -0.2) is 41.5 Å². The maximum absolute atomic E-state index is 12.6. The molecule has 0 saturated carbocycles. The maximum atomic E-state index is 12.6. The van der Waals surface area contributed by atoms with E-state index in [0.717, 1.165) is 31.5 Å². The van der Waals surface area contributed by atoms with E-state index in [4.69, 9.17) is 4.74 Å². The van der Waals surface area contributed by atoms with Gasteiger partial charge in [-0.15, -0.1) is 12.4 Å². The lowest BCUT2D eigenvalue weighted by Crippen LogP contribution is -2.52. The molecule has 4 atom stereocenters. The summed E-state index contributed by atoms with van der Waals surface area (Å²) in [6.45, 7) is 6.81. The lowest BCUT2D eigenvalue weighted by molar-refractivity contribution is -0.120. The fourth-order valence-corrected chi connectivity index (χ4v) is 5.35. The summed E-state index contributed by atoms with van der Waals surface area (Å²) in [6.07, 6.45) is 3.93. The molecule has 1 amide bonds. The highest BCUT2D eigenvalue weighted by molar-refractivity contribution is 5.94. The predicted molar refractivity (Wildman–Crippen MR) is 112 cm³/mol. The number of hydrogen-bond acceptors (Lipinski definition) is 3. The summed E-state index contributed by atoms with van der Waals surface area (Å²) in [4.78, 5) is 18.9. The molecule has 6 heteroatoms. The van der Waals surface area contributed by atoms with Gasteiger partial charge in [0.2, 0.25) is 0 Å². The number of hydrogen-bond donors (Lipinski definition) is 2. The van der Waals surface area contributed by atoms with Crippen molar-refractivity contribution in [1.82, 2.24) is 15.2 Å². The number of piperidine rings is 1. The highest BCUT2D eigenvalue weighted by Crippen LogP contribution is 2.47. The molecule has 1 saturated heterocycles. The van der Waals surface area contributed by atoms with Crippen LogP contribution in [0.3, 0.4) is 0 Å². The van der Waals surface area contributed by atoms with E-state index in [1.54, 1.807) is 6.26 Å². The third kappa shape index (κ3) is 2.92. The van der Waals surface area contributed by atoms with Crippen molar-refractivity contribution in [2.24, 2.45) is 11.8 Å². The number of aromatic amines is 1. The van der Waals surface area contributed by atoms with Crippen molar-refractivity contribution in [3.05, 3.63) is 47.4 Å². The van der Waals surface area contributed by atoms with Crippen LogP contribution in [0.4, 0.5) is 0 Å². The Kier molecular flexibility index (Phi) is 5.15. The van der Waals surface area contributed by atoms with Crippen molar-refractivity contribution in [3.8, 4) is 0 Å². The number of halogens is 1. The summed E-state index contributed by atoms with van der Waals surface area (Å²) in [6, 6.07) is 8.96. The van der Waals surface area contributed by atoms with Crippen molar-refractivity contribution >= 4 is 29.2 Å². The second-order valence-corrected chi connectivity index (χ2v) is 8.10. The fourth-order valence-electron chi connectivity index (χ4n) is 5.35. The van der Waals surface area contributed by atoms with Crippen molar-refractivity contribution in [2.75, 3.05) is 19.6 Å². The van der Waals surface area contributed by atoms with Gasteiger partial charge >= 0.3 is 0 Å². The van der Waals surface area contributed by atoms with Gasteiger partial charge in [-0.3, -0.25) is 9.69 Å². The van der Waals surface area contributed by atoms with Crippen LogP contribution in [0, 0.1) is 11.8 Å². The largest absolute Gasteiger partial charge is 0.497 e. The third-order valence-electron chi connectivity index (χ3n) is 6.72. The van der Waals surface area contributed by atoms with Crippen molar-refractivity contribution in [1.29, 1.82) is 0 Å². The number of H-pyrrole nitrogens is 1. The number of amides is 1. The molecule has 0 spiro atoms. The number of fused-ring (bicyclic) bond motifs is 6. The zero-order valence-corrected chi connectivity index (χ0v) is 17.2. The molecule has 28 heavy (non-hydrogen) atoms. The van der Waals surface area contributed by atoms with Gasteiger partial charge in [-0.25, -0.2) is 0 Å². The van der Waals surface area contributed by atoms with Gasteiger partial charge in [0.05, 0.1) is 24.0 Å². The Bertz CT molecular complexity index is 922. The Balaban J connectivity index is 0.00000192. The summed E-state index contributed by atoms with van der Waals surface area (Å²) in [5.74, 6) is 0.647. The predicted octanol–water partition coefficient (Wildman–Crippen LogP) is 3.56. The maximum Gasteiger partial charge on any atom is 0.250 e. The monoisotopic (exact) mass is 401 g/mol. The first-order valence-electron chi connectivity index (χ1n) is 10.1. The minimum atomic E-state index is 0. The lowest BCUT2D eigenvalue weighted by atomic mass is 9.72. The quantitative estimate of drug-likeness (QED) is 0.808. The second kappa shape index (κ2) is 7.45. The number of benzene rings is 1. The average Bonchev–Trinajstić information content (AvgIpc) is 3.06. The number of carbonyl (C=O) groups excluding carboxylic acids is 1. The zero-order valence-electron chi connectivity index (χ0n) is 16.4. The van der Waals surface area contributed by atoms with Crippen LogP contribution in [0.5, 0.6) is 0 Å². The summed E-state index contributed by atoms with van der Waals surface area (Å²) in [5, 5.41) is 4.32. The van der Waals surface area contributed by atoms with E-state index in [-0.39, 0.29) is 30.3 Å². The van der Waals surface area contributed by atoms with Crippen LogP contribution in [0.15, 0.2) is 36.1 Å². The van der Waals surface area contributed by atoms with Crippen molar-refractivity contribution in [3.63, 3.8) is 0 Å². The second-order valence-electron chi connectivity index (χ2n) is 8.10. The van der Waals surface area contributed by atoms with Crippen molar-refractivity contribution < 1.29 is 9.53 Å². The minimum Gasteiger partial charge on any atom is -0.497 e. The first-order chi connectivity index (χ1) is 13.2. The minimum absolute atomic E-state index is 0. The van der Waals surface area contributed by atoms with E-state index in [9.17, 15) is 4.79 Å². The molecule has 5 nitrogen and oxygen atoms in total. The van der Waals surface area contributed by atoms with Crippen LogP contribution in [0.1, 0.15) is 37.6 Å². The van der Waals surface area contributed by atoms with Gasteiger partial charge in [-0.1, -0.05) is 18.2 Å². The number of nitrogens with one attached hydrogen (secondary N) is 2. The SMILES string of the molecule is CCNC(=O)C1=CO[C@@H](C)[C@H]2CN3CCc4c([nH]c5ccccc45)[C@@H]3C[C@H]12.Cl. The van der Waals surface area contributed by atoms with E-state index < -0.39 is 0 Å². The molecule has 2 N–H and O–H groups in total. The Hall–Kier alpha value is -1.98. The van der Waals surface area contributed by atoms with Crippen LogP contribution >= 0.6 is 12.4 Å². The van der Waals surface area contributed by atoms with Gasteiger partial charge in [0.1, 0.15) is 0 Å².